The molecule has 0 aromatic heterocycles. The van der Waals surface area contributed by atoms with Crippen LogP contribution in [0.1, 0.15) is 17.5 Å². The summed E-state index contributed by atoms with van der Waals surface area (Å²) >= 11 is 0. The summed E-state index contributed by atoms with van der Waals surface area (Å²) in [6, 6.07) is 5.98. The van der Waals surface area contributed by atoms with Crippen molar-refractivity contribution >= 4 is 0 Å². The molecule has 0 spiro atoms. The Balaban J connectivity index is 1.57. The van der Waals surface area contributed by atoms with E-state index in [1.54, 1.807) is 12.1 Å². The van der Waals surface area contributed by atoms with Crippen LogP contribution in [0.2, 0.25) is 0 Å². The van der Waals surface area contributed by atoms with Crippen LogP contribution in [0.25, 0.3) is 0 Å². The molecule has 2 fully saturated rings. The maximum absolute atomic E-state index is 13.4. The first-order valence-corrected chi connectivity index (χ1v) is 7.51. The average Bonchev–Trinajstić information content (AvgIpc) is 2.87. The Morgan fingerprint density at radius 1 is 1.20 bits per heavy atom. The topological polar surface area (TPSA) is 15.7 Å². The molecule has 2 aliphatic heterocycles. The first-order valence-electron chi connectivity index (χ1n) is 7.51. The molecule has 4 heteroatoms. The molecule has 0 bridgehead atoms. The monoisotopic (exact) mass is 278 g/mol. The summed E-state index contributed by atoms with van der Waals surface area (Å²) in [6.45, 7) is 8.84. The molecule has 3 rings (SSSR count). The molecule has 2 saturated heterocycles. The number of ether oxygens (including phenoxy) is 1. The highest BCUT2D eigenvalue weighted by molar-refractivity contribution is 5.23. The summed E-state index contributed by atoms with van der Waals surface area (Å²) in [7, 11) is 0. The van der Waals surface area contributed by atoms with E-state index in [2.05, 4.69) is 15.9 Å². The summed E-state index contributed by atoms with van der Waals surface area (Å²) in [5.74, 6) is -0.121. The lowest BCUT2D eigenvalue weighted by Crippen LogP contribution is -2.44. The summed E-state index contributed by atoms with van der Waals surface area (Å²) in [5, 5.41) is 0. The second kappa shape index (κ2) is 6.20. The average molecular weight is 278 g/mol. The van der Waals surface area contributed by atoms with Crippen LogP contribution in [0.5, 0.6) is 0 Å². The molecule has 110 valence electrons. The van der Waals surface area contributed by atoms with Gasteiger partial charge in [-0.25, -0.2) is 4.39 Å². The smallest absolute Gasteiger partial charge is 0.123 e. The van der Waals surface area contributed by atoms with Crippen LogP contribution in [0.4, 0.5) is 4.39 Å². The van der Waals surface area contributed by atoms with E-state index in [9.17, 15) is 4.39 Å². The Hall–Kier alpha value is -0.970. The van der Waals surface area contributed by atoms with Crippen LogP contribution in [-0.4, -0.2) is 55.2 Å². The van der Waals surface area contributed by atoms with Gasteiger partial charge in [0.1, 0.15) is 5.82 Å². The number of halogens is 1. The second-order valence-electron chi connectivity index (χ2n) is 5.96. The van der Waals surface area contributed by atoms with Crippen molar-refractivity contribution in [2.75, 3.05) is 39.4 Å². The molecule has 0 radical (unpaired) electrons. The summed E-state index contributed by atoms with van der Waals surface area (Å²) in [6.07, 6.45) is 1.22. The first-order chi connectivity index (χ1) is 9.70. The number of hydrogen-bond acceptors (Lipinski definition) is 3. The van der Waals surface area contributed by atoms with Crippen LogP contribution in [0, 0.1) is 12.7 Å². The van der Waals surface area contributed by atoms with E-state index in [0.29, 0.717) is 6.04 Å². The minimum Gasteiger partial charge on any atom is -0.379 e. The summed E-state index contributed by atoms with van der Waals surface area (Å²) < 4.78 is 18.8. The molecule has 1 aromatic carbocycles. The lowest BCUT2D eigenvalue weighted by atomic mass is 10.1. The lowest BCUT2D eigenvalue weighted by Gasteiger charge is -2.32. The predicted octanol–water partition coefficient (Wildman–Crippen LogP) is 2.04. The van der Waals surface area contributed by atoms with E-state index < -0.39 is 0 Å². The zero-order valence-corrected chi connectivity index (χ0v) is 12.1. The van der Waals surface area contributed by atoms with Crippen molar-refractivity contribution < 1.29 is 9.13 Å². The summed E-state index contributed by atoms with van der Waals surface area (Å²) in [4.78, 5) is 4.98. The van der Waals surface area contributed by atoms with Gasteiger partial charge in [-0.3, -0.25) is 9.80 Å². The molecular formula is C16H23FN2O. The van der Waals surface area contributed by atoms with Gasteiger partial charge in [0.05, 0.1) is 13.2 Å². The van der Waals surface area contributed by atoms with Gasteiger partial charge in [-0.15, -0.1) is 0 Å². The van der Waals surface area contributed by atoms with Crippen molar-refractivity contribution in [1.29, 1.82) is 0 Å². The van der Waals surface area contributed by atoms with Gasteiger partial charge in [0.25, 0.3) is 0 Å². The Kier molecular flexibility index (Phi) is 4.34. The number of rotatable bonds is 3. The molecule has 0 saturated carbocycles. The van der Waals surface area contributed by atoms with Crippen LogP contribution in [0.3, 0.4) is 0 Å². The van der Waals surface area contributed by atoms with Gasteiger partial charge in [-0.2, -0.15) is 0 Å². The van der Waals surface area contributed by atoms with E-state index in [1.165, 1.54) is 6.42 Å². The molecular weight excluding hydrogens is 255 g/mol. The summed E-state index contributed by atoms with van der Waals surface area (Å²) in [5.41, 5.74) is 2.09. The molecule has 20 heavy (non-hydrogen) atoms. The van der Waals surface area contributed by atoms with E-state index in [4.69, 9.17) is 4.74 Å². The maximum atomic E-state index is 13.4. The minimum atomic E-state index is -0.121. The number of morpholine rings is 1. The van der Waals surface area contributed by atoms with Gasteiger partial charge >= 0.3 is 0 Å². The Morgan fingerprint density at radius 2 is 2.00 bits per heavy atom. The van der Waals surface area contributed by atoms with E-state index in [-0.39, 0.29) is 5.82 Å². The Bertz CT molecular complexity index is 440. The fourth-order valence-electron chi connectivity index (χ4n) is 3.36. The first kappa shape index (κ1) is 14.0. The third-order valence-electron chi connectivity index (χ3n) is 4.32. The molecule has 2 aliphatic rings. The highest BCUT2D eigenvalue weighted by Crippen LogP contribution is 2.20. The molecule has 2 heterocycles. The van der Waals surface area contributed by atoms with Gasteiger partial charge in [-0.1, -0.05) is 6.07 Å². The van der Waals surface area contributed by atoms with E-state index in [0.717, 1.165) is 57.1 Å². The van der Waals surface area contributed by atoms with Gasteiger partial charge in [0.2, 0.25) is 0 Å². The van der Waals surface area contributed by atoms with Crippen molar-refractivity contribution in [3.8, 4) is 0 Å². The zero-order valence-electron chi connectivity index (χ0n) is 12.1. The van der Waals surface area contributed by atoms with Crippen LogP contribution in [-0.2, 0) is 11.3 Å². The molecule has 0 aliphatic carbocycles. The van der Waals surface area contributed by atoms with Crippen molar-refractivity contribution in [3.63, 3.8) is 0 Å². The highest BCUT2D eigenvalue weighted by atomic mass is 19.1. The molecule has 1 unspecified atom stereocenters. The Labute approximate surface area is 120 Å². The quantitative estimate of drug-likeness (QED) is 0.841. The van der Waals surface area contributed by atoms with Crippen molar-refractivity contribution in [3.05, 3.63) is 35.1 Å². The van der Waals surface area contributed by atoms with Crippen molar-refractivity contribution in [2.24, 2.45) is 0 Å². The molecule has 0 N–H and O–H groups in total. The van der Waals surface area contributed by atoms with Gasteiger partial charge in [0.15, 0.2) is 0 Å². The normalized spacial score (nSPS) is 25.2. The molecule has 1 atom stereocenters. The largest absolute Gasteiger partial charge is 0.379 e. The van der Waals surface area contributed by atoms with Crippen molar-refractivity contribution in [2.45, 2.75) is 25.9 Å². The van der Waals surface area contributed by atoms with Gasteiger partial charge < -0.3 is 4.74 Å². The number of hydrogen-bond donors (Lipinski definition) is 0. The fraction of sp³-hybridized carbons (Fsp3) is 0.625. The van der Waals surface area contributed by atoms with Crippen molar-refractivity contribution in [1.82, 2.24) is 9.80 Å². The SMILES string of the molecule is Cc1cc(F)cc(CN2CCC(N3CCOCC3)C2)c1. The van der Waals surface area contributed by atoms with E-state index in [1.807, 2.05) is 6.92 Å². The number of nitrogens with zero attached hydrogens (tertiary/aromatic N) is 2. The molecule has 0 amide bonds. The predicted molar refractivity (Wildman–Crippen MR) is 77.2 cm³/mol. The highest BCUT2D eigenvalue weighted by Gasteiger charge is 2.28. The third kappa shape index (κ3) is 3.37. The zero-order chi connectivity index (χ0) is 13.9. The minimum absolute atomic E-state index is 0.121. The molecule has 3 nitrogen and oxygen atoms in total. The molecule has 1 aromatic rings. The number of likely N-dealkylation sites (tertiary alicyclic amines) is 1. The Morgan fingerprint density at radius 3 is 2.75 bits per heavy atom. The number of benzene rings is 1. The standard InChI is InChI=1S/C16H23FN2O/c1-13-8-14(10-15(17)9-13)11-18-3-2-16(12-18)19-4-6-20-7-5-19/h8-10,16H,2-7,11-12H2,1H3. The second-order valence-corrected chi connectivity index (χ2v) is 5.96. The number of aryl methyl sites for hydroxylation is 1. The van der Waals surface area contributed by atoms with Crippen LogP contribution < -0.4 is 0 Å². The van der Waals surface area contributed by atoms with Crippen LogP contribution >= 0.6 is 0 Å². The van der Waals surface area contributed by atoms with Gasteiger partial charge in [0, 0.05) is 38.8 Å². The lowest BCUT2D eigenvalue weighted by molar-refractivity contribution is 0.0184. The van der Waals surface area contributed by atoms with Gasteiger partial charge in [-0.05, 0) is 36.6 Å². The maximum Gasteiger partial charge on any atom is 0.123 e. The van der Waals surface area contributed by atoms with Crippen LogP contribution in [0.15, 0.2) is 18.2 Å². The third-order valence-corrected chi connectivity index (χ3v) is 4.32. The van der Waals surface area contributed by atoms with E-state index >= 15 is 0 Å². The fourth-order valence-corrected chi connectivity index (χ4v) is 3.36.